The molecule has 0 aromatic carbocycles. The molecule has 12 heteroatoms. The maximum Gasteiger partial charge on any atom is 0.286 e. The lowest BCUT2D eigenvalue weighted by atomic mass is 10.4. The third-order valence-electron chi connectivity index (χ3n) is 3.47. The topological polar surface area (TPSA) is 103 Å². The highest BCUT2D eigenvalue weighted by Crippen LogP contribution is 2.30. The predicted octanol–water partition coefficient (Wildman–Crippen LogP) is 1.60. The molecule has 0 aliphatic carbocycles. The van der Waals surface area contributed by atoms with Gasteiger partial charge in [0.2, 0.25) is 0 Å². The van der Waals surface area contributed by atoms with E-state index in [9.17, 15) is 13.2 Å². The molecule has 0 unspecified atom stereocenters. The molecule has 1 aliphatic heterocycles. The average molecular weight is 453 g/mol. The Bertz CT molecular complexity index is 842. The molecule has 1 amide bonds. The lowest BCUT2D eigenvalue weighted by Gasteiger charge is -2.33. The highest BCUT2D eigenvalue weighted by atomic mass is 79.9. The summed E-state index contributed by atoms with van der Waals surface area (Å²) in [7, 11) is -3.48. The fraction of sp³-hybridized carbons (Fsp3) is 0.333. The second kappa shape index (κ2) is 7.06. The number of amides is 1. The summed E-state index contributed by atoms with van der Waals surface area (Å²) in [4.78, 5) is 17.7. The van der Waals surface area contributed by atoms with Crippen molar-refractivity contribution in [2.24, 2.45) is 0 Å². The zero-order chi connectivity index (χ0) is 17.3. The molecule has 2 aromatic heterocycles. The number of sulfonamides is 1. The SMILES string of the molecule is O=C(NO)c1cnc(N2CCN(S(=O)(=O)c3ccc(Br)s3)CC2)s1. The first-order valence-electron chi connectivity index (χ1n) is 6.82. The molecule has 1 fully saturated rings. The zero-order valence-electron chi connectivity index (χ0n) is 12.2. The molecule has 8 nitrogen and oxygen atoms in total. The average Bonchev–Trinajstić information content (AvgIpc) is 3.23. The molecule has 2 aromatic rings. The third-order valence-corrected chi connectivity index (χ3v) is 8.52. The summed E-state index contributed by atoms with van der Waals surface area (Å²) in [6.07, 6.45) is 1.39. The van der Waals surface area contributed by atoms with E-state index in [0.29, 0.717) is 40.4 Å². The molecule has 3 rings (SSSR count). The zero-order valence-corrected chi connectivity index (χ0v) is 16.2. The molecule has 3 heterocycles. The number of hydrogen-bond donors (Lipinski definition) is 2. The number of anilines is 1. The van der Waals surface area contributed by atoms with E-state index in [1.807, 2.05) is 4.90 Å². The Morgan fingerprint density at radius 1 is 1.25 bits per heavy atom. The maximum atomic E-state index is 12.6. The van der Waals surface area contributed by atoms with Gasteiger partial charge < -0.3 is 4.90 Å². The van der Waals surface area contributed by atoms with Gasteiger partial charge >= 0.3 is 0 Å². The molecule has 0 saturated carbocycles. The first-order chi connectivity index (χ1) is 11.4. The quantitative estimate of drug-likeness (QED) is 0.539. The van der Waals surface area contributed by atoms with E-state index >= 15 is 0 Å². The molecule has 1 aliphatic rings. The number of thiazole rings is 1. The number of hydrogen-bond acceptors (Lipinski definition) is 8. The van der Waals surface area contributed by atoms with Crippen LogP contribution in [-0.2, 0) is 10.0 Å². The highest BCUT2D eigenvalue weighted by Gasteiger charge is 2.30. The molecule has 130 valence electrons. The molecule has 0 bridgehead atoms. The molecule has 2 N–H and O–H groups in total. The van der Waals surface area contributed by atoms with Crippen LogP contribution in [0.5, 0.6) is 0 Å². The minimum atomic E-state index is -3.48. The summed E-state index contributed by atoms with van der Waals surface area (Å²) in [6, 6.07) is 3.31. The van der Waals surface area contributed by atoms with Crippen molar-refractivity contribution in [2.45, 2.75) is 4.21 Å². The normalized spacial score (nSPS) is 16.3. The second-order valence-corrected chi connectivity index (χ2v) is 10.5. The lowest BCUT2D eigenvalue weighted by Crippen LogP contribution is -2.48. The first kappa shape index (κ1) is 17.8. The Hall–Kier alpha value is -1.05. The summed E-state index contributed by atoms with van der Waals surface area (Å²) < 4.78 is 27.7. The highest BCUT2D eigenvalue weighted by molar-refractivity contribution is 9.11. The van der Waals surface area contributed by atoms with E-state index < -0.39 is 15.9 Å². The van der Waals surface area contributed by atoms with Crippen molar-refractivity contribution in [3.63, 3.8) is 0 Å². The number of hydroxylamine groups is 1. The predicted molar refractivity (Wildman–Crippen MR) is 94.4 cm³/mol. The van der Waals surface area contributed by atoms with Crippen molar-refractivity contribution in [3.05, 3.63) is 27.0 Å². The molecule has 0 spiro atoms. The fourth-order valence-electron chi connectivity index (χ4n) is 2.25. The van der Waals surface area contributed by atoms with E-state index in [4.69, 9.17) is 5.21 Å². The van der Waals surface area contributed by atoms with E-state index in [2.05, 4.69) is 20.9 Å². The molecular formula is C12H13BrN4O4S3. The number of nitrogens with one attached hydrogen (secondary N) is 1. The Labute approximate surface area is 154 Å². The van der Waals surface area contributed by atoms with Gasteiger partial charge in [0.05, 0.1) is 9.98 Å². The number of piperazine rings is 1. The van der Waals surface area contributed by atoms with Crippen molar-refractivity contribution in [2.75, 3.05) is 31.1 Å². The maximum absolute atomic E-state index is 12.6. The van der Waals surface area contributed by atoms with Gasteiger partial charge in [-0.25, -0.2) is 18.9 Å². The van der Waals surface area contributed by atoms with Crippen LogP contribution in [0.3, 0.4) is 0 Å². The summed E-state index contributed by atoms with van der Waals surface area (Å²) in [5.74, 6) is -0.608. The minimum absolute atomic E-state index is 0.297. The van der Waals surface area contributed by atoms with E-state index in [-0.39, 0.29) is 0 Å². The van der Waals surface area contributed by atoms with Crippen LogP contribution in [0.2, 0.25) is 0 Å². The Balaban J connectivity index is 1.67. The van der Waals surface area contributed by atoms with Crippen LogP contribution in [0.15, 0.2) is 26.3 Å². The van der Waals surface area contributed by atoms with Gasteiger partial charge in [0.15, 0.2) is 5.13 Å². The van der Waals surface area contributed by atoms with Crippen LogP contribution in [0.1, 0.15) is 9.67 Å². The van der Waals surface area contributed by atoms with Crippen molar-refractivity contribution >= 4 is 59.7 Å². The van der Waals surface area contributed by atoms with Gasteiger partial charge in [-0.2, -0.15) is 4.31 Å². The second-order valence-electron chi connectivity index (χ2n) is 4.90. The minimum Gasteiger partial charge on any atom is -0.345 e. The molecule has 0 atom stereocenters. The Morgan fingerprint density at radius 3 is 2.54 bits per heavy atom. The number of nitrogens with zero attached hydrogens (tertiary/aromatic N) is 3. The van der Waals surface area contributed by atoms with E-state index in [0.717, 1.165) is 15.1 Å². The van der Waals surface area contributed by atoms with Crippen molar-refractivity contribution in [3.8, 4) is 0 Å². The van der Waals surface area contributed by atoms with Crippen LogP contribution < -0.4 is 10.4 Å². The number of thiophene rings is 1. The van der Waals surface area contributed by atoms with Gasteiger partial charge in [-0.05, 0) is 28.1 Å². The molecular weight excluding hydrogens is 440 g/mol. The fourth-order valence-corrected chi connectivity index (χ4v) is 6.70. The number of rotatable bonds is 4. The van der Waals surface area contributed by atoms with Crippen molar-refractivity contribution in [1.29, 1.82) is 0 Å². The van der Waals surface area contributed by atoms with E-state index in [1.54, 1.807) is 17.6 Å². The largest absolute Gasteiger partial charge is 0.345 e. The van der Waals surface area contributed by atoms with Crippen LogP contribution in [0.25, 0.3) is 0 Å². The van der Waals surface area contributed by atoms with Crippen molar-refractivity contribution in [1.82, 2.24) is 14.8 Å². The molecule has 1 saturated heterocycles. The van der Waals surface area contributed by atoms with Gasteiger partial charge in [0, 0.05) is 26.2 Å². The lowest BCUT2D eigenvalue weighted by molar-refractivity contribution is 0.0710. The first-order valence-corrected chi connectivity index (χ1v) is 10.7. The standard InChI is InChI=1S/C12H13BrN4O4S3/c13-9-1-2-10(23-9)24(20,21)17-5-3-16(4-6-17)12-14-7-8(22-12)11(18)15-19/h1-2,7,19H,3-6H2,(H,15,18). The molecule has 0 radical (unpaired) electrons. The van der Waals surface area contributed by atoms with Gasteiger partial charge in [-0.3, -0.25) is 10.0 Å². The smallest absolute Gasteiger partial charge is 0.286 e. The Morgan fingerprint density at radius 2 is 1.96 bits per heavy atom. The number of carbonyl (C=O) groups is 1. The van der Waals surface area contributed by atoms with Crippen LogP contribution >= 0.6 is 38.6 Å². The Kier molecular flexibility index (Phi) is 5.22. The summed E-state index contributed by atoms with van der Waals surface area (Å²) >= 11 is 5.62. The van der Waals surface area contributed by atoms with Crippen molar-refractivity contribution < 1.29 is 18.4 Å². The monoisotopic (exact) mass is 452 g/mol. The van der Waals surface area contributed by atoms with Gasteiger partial charge in [0.25, 0.3) is 15.9 Å². The summed E-state index contributed by atoms with van der Waals surface area (Å²) in [5.41, 5.74) is 1.57. The molecule has 24 heavy (non-hydrogen) atoms. The third kappa shape index (κ3) is 3.48. The summed E-state index contributed by atoms with van der Waals surface area (Å²) in [6.45, 7) is 1.66. The summed E-state index contributed by atoms with van der Waals surface area (Å²) in [5, 5.41) is 9.26. The number of halogens is 1. The van der Waals surface area contributed by atoms with Crippen LogP contribution in [-0.4, -0.2) is 55.0 Å². The van der Waals surface area contributed by atoms with Gasteiger partial charge in [-0.15, -0.1) is 11.3 Å². The number of aromatic nitrogens is 1. The van der Waals surface area contributed by atoms with E-state index in [1.165, 1.54) is 21.8 Å². The van der Waals surface area contributed by atoms with Crippen LogP contribution in [0.4, 0.5) is 5.13 Å². The van der Waals surface area contributed by atoms with Gasteiger partial charge in [-0.1, -0.05) is 11.3 Å². The number of carbonyl (C=O) groups excluding carboxylic acids is 1. The van der Waals surface area contributed by atoms with Crippen LogP contribution in [0, 0.1) is 0 Å². The van der Waals surface area contributed by atoms with Gasteiger partial charge in [0.1, 0.15) is 9.09 Å².